The van der Waals surface area contributed by atoms with Crippen molar-refractivity contribution in [1.82, 2.24) is 0 Å². The molecule has 0 saturated carbocycles. The summed E-state index contributed by atoms with van der Waals surface area (Å²) in [5.74, 6) is 0.0487. The quantitative estimate of drug-likeness (QED) is 0.341. The van der Waals surface area contributed by atoms with Crippen LogP contribution in [0, 0.1) is 5.82 Å². The van der Waals surface area contributed by atoms with Crippen molar-refractivity contribution in [1.29, 1.82) is 0 Å². The molecule has 1 saturated heterocycles. The number of fused-ring (bicyclic) bond motifs is 2. The van der Waals surface area contributed by atoms with Crippen LogP contribution in [0.4, 0.5) is 4.39 Å². The van der Waals surface area contributed by atoms with E-state index in [4.69, 9.17) is 18.9 Å². The van der Waals surface area contributed by atoms with Gasteiger partial charge in [-0.3, -0.25) is 0 Å². The Morgan fingerprint density at radius 1 is 1.18 bits per heavy atom. The molecule has 0 amide bonds. The number of carbonyl (C=O) groups is 1. The van der Waals surface area contributed by atoms with Crippen LogP contribution >= 0.6 is 0 Å². The highest BCUT2D eigenvalue weighted by atomic mass is 19.1. The maximum Gasteiger partial charge on any atom is 0.338 e. The summed E-state index contributed by atoms with van der Waals surface area (Å²) < 4.78 is 36.2. The monoisotopic (exact) mass is 462 g/mol. The number of hydrogen-bond acceptors (Lipinski definition) is 5. The summed E-state index contributed by atoms with van der Waals surface area (Å²) >= 11 is 0. The second-order valence-electron chi connectivity index (χ2n) is 8.86. The Morgan fingerprint density at radius 3 is 2.76 bits per heavy atom. The first-order valence-electron chi connectivity index (χ1n) is 11.5. The van der Waals surface area contributed by atoms with E-state index in [1.165, 1.54) is 12.1 Å². The molecule has 1 fully saturated rings. The van der Waals surface area contributed by atoms with Crippen LogP contribution in [0.5, 0.6) is 5.75 Å². The molecule has 2 unspecified atom stereocenters. The first kappa shape index (κ1) is 22.6. The summed E-state index contributed by atoms with van der Waals surface area (Å²) in [4.78, 5) is 12.3. The molecule has 0 spiro atoms. The van der Waals surface area contributed by atoms with Crippen LogP contribution in [-0.4, -0.2) is 38.0 Å². The average Bonchev–Trinajstić information content (AvgIpc) is 3.21. The highest BCUT2D eigenvalue weighted by Crippen LogP contribution is 2.39. The van der Waals surface area contributed by atoms with Gasteiger partial charge in [0, 0.05) is 32.1 Å². The first-order chi connectivity index (χ1) is 16.5. The average molecular weight is 463 g/mol. The highest BCUT2D eigenvalue weighted by molar-refractivity contribution is 6.07. The predicted molar refractivity (Wildman–Crippen MR) is 127 cm³/mol. The molecule has 0 aliphatic carbocycles. The number of esters is 1. The van der Waals surface area contributed by atoms with Crippen molar-refractivity contribution in [3.8, 4) is 16.9 Å². The Hall–Kier alpha value is -3.22. The fourth-order valence-electron chi connectivity index (χ4n) is 4.90. The second kappa shape index (κ2) is 9.20. The van der Waals surface area contributed by atoms with E-state index >= 15 is 0 Å². The number of methoxy groups -OCH3 is 1. The molecule has 2 aliphatic heterocycles. The molecule has 0 aromatic heterocycles. The van der Waals surface area contributed by atoms with Crippen molar-refractivity contribution in [2.45, 2.75) is 38.1 Å². The van der Waals surface area contributed by atoms with E-state index in [9.17, 15) is 9.18 Å². The minimum atomic E-state index is -0.343. The van der Waals surface area contributed by atoms with Crippen LogP contribution in [0.1, 0.15) is 35.7 Å². The van der Waals surface area contributed by atoms with Crippen LogP contribution in [0.3, 0.4) is 0 Å². The minimum absolute atomic E-state index is 0.156. The van der Waals surface area contributed by atoms with Gasteiger partial charge in [0.05, 0.1) is 17.3 Å². The van der Waals surface area contributed by atoms with Gasteiger partial charge in [-0.2, -0.15) is 0 Å². The van der Waals surface area contributed by atoms with E-state index in [1.807, 2.05) is 30.3 Å². The van der Waals surface area contributed by atoms with Crippen molar-refractivity contribution >= 4 is 16.7 Å². The number of rotatable bonds is 6. The van der Waals surface area contributed by atoms with Crippen LogP contribution < -0.4 is 4.74 Å². The van der Waals surface area contributed by atoms with Gasteiger partial charge in [0.25, 0.3) is 0 Å². The van der Waals surface area contributed by atoms with E-state index in [0.29, 0.717) is 24.5 Å². The maximum absolute atomic E-state index is 13.5. The fraction of sp³-hybridized carbons (Fsp3) is 0.321. The van der Waals surface area contributed by atoms with Crippen LogP contribution in [0.25, 0.3) is 21.9 Å². The summed E-state index contributed by atoms with van der Waals surface area (Å²) in [7, 11) is 1.73. The van der Waals surface area contributed by atoms with E-state index in [0.717, 1.165) is 40.3 Å². The number of halogens is 1. The standard InChI is InChI=1S/C28H27FO5/c1-18-16-28(31-2,11-13-32-18)10-3-12-33-22-8-9-23-20(14-22)15-24-25(17-34-27(24)30)26(23)19-4-6-21(29)7-5-19/h3-10,14-15,18H,11-13,16-17H2,1-2H3. The zero-order valence-electron chi connectivity index (χ0n) is 19.3. The summed E-state index contributed by atoms with van der Waals surface area (Å²) in [5, 5.41) is 1.83. The lowest BCUT2D eigenvalue weighted by atomic mass is 9.90. The molecule has 2 aliphatic rings. The van der Waals surface area contributed by atoms with E-state index in [-0.39, 0.29) is 30.1 Å². The number of benzene rings is 3. The molecule has 176 valence electrons. The lowest BCUT2D eigenvalue weighted by Gasteiger charge is -2.36. The van der Waals surface area contributed by atoms with Crippen molar-refractivity contribution in [2.75, 3.05) is 20.3 Å². The number of ether oxygens (including phenoxy) is 4. The zero-order valence-corrected chi connectivity index (χ0v) is 19.3. The molecule has 5 nitrogen and oxygen atoms in total. The molecule has 0 bridgehead atoms. The van der Waals surface area contributed by atoms with Gasteiger partial charge in [-0.05, 0) is 65.2 Å². The lowest BCUT2D eigenvalue weighted by Crippen LogP contribution is -2.39. The summed E-state index contributed by atoms with van der Waals surface area (Å²) in [6.07, 6.45) is 5.83. The highest BCUT2D eigenvalue weighted by Gasteiger charge is 2.33. The molecule has 2 heterocycles. The SMILES string of the molecule is COC1(C=CCOc2ccc3c(-c4ccc(F)cc4)c4c(cc3c2)C(=O)OC4)CCOC(C)C1. The smallest absolute Gasteiger partial charge is 0.338 e. The van der Waals surface area contributed by atoms with Crippen molar-refractivity contribution in [2.24, 2.45) is 0 Å². The van der Waals surface area contributed by atoms with E-state index in [2.05, 4.69) is 13.0 Å². The van der Waals surface area contributed by atoms with Gasteiger partial charge in [0.1, 0.15) is 24.8 Å². The Bertz CT molecular complexity index is 1250. The fourth-order valence-corrected chi connectivity index (χ4v) is 4.90. The normalized spacial score (nSPS) is 22.2. The van der Waals surface area contributed by atoms with Gasteiger partial charge in [-0.25, -0.2) is 9.18 Å². The van der Waals surface area contributed by atoms with Crippen molar-refractivity contribution in [3.63, 3.8) is 0 Å². The Balaban J connectivity index is 1.42. The molecule has 0 N–H and O–H groups in total. The summed E-state index contributed by atoms with van der Waals surface area (Å²) in [5.41, 5.74) is 2.78. The summed E-state index contributed by atoms with van der Waals surface area (Å²) in [6.45, 7) is 3.33. The number of cyclic esters (lactones) is 1. The molecule has 2 atom stereocenters. The molecule has 0 radical (unpaired) electrons. The lowest BCUT2D eigenvalue weighted by molar-refractivity contribution is -0.0909. The Kier molecular flexibility index (Phi) is 6.11. The maximum atomic E-state index is 13.5. The van der Waals surface area contributed by atoms with Gasteiger partial charge in [-0.15, -0.1) is 0 Å². The van der Waals surface area contributed by atoms with Gasteiger partial charge in [-0.1, -0.05) is 24.3 Å². The second-order valence-corrected chi connectivity index (χ2v) is 8.86. The number of hydrogen-bond donors (Lipinski definition) is 0. The van der Waals surface area contributed by atoms with Crippen LogP contribution in [-0.2, 0) is 20.8 Å². The third-order valence-corrected chi connectivity index (χ3v) is 6.65. The molecule has 5 rings (SSSR count). The van der Waals surface area contributed by atoms with Gasteiger partial charge in [0.15, 0.2) is 0 Å². The first-order valence-corrected chi connectivity index (χ1v) is 11.5. The van der Waals surface area contributed by atoms with Crippen molar-refractivity contribution < 1.29 is 28.1 Å². The molecule has 34 heavy (non-hydrogen) atoms. The van der Waals surface area contributed by atoms with Crippen molar-refractivity contribution in [3.05, 3.63) is 77.6 Å². The number of carbonyl (C=O) groups excluding carboxylic acids is 1. The third kappa shape index (κ3) is 4.31. The van der Waals surface area contributed by atoms with E-state index in [1.54, 1.807) is 19.2 Å². The summed E-state index contributed by atoms with van der Waals surface area (Å²) in [6, 6.07) is 14.0. The van der Waals surface area contributed by atoms with Crippen LogP contribution in [0.15, 0.2) is 60.7 Å². The minimum Gasteiger partial charge on any atom is -0.490 e. The predicted octanol–water partition coefficient (Wildman–Crippen LogP) is 5.84. The van der Waals surface area contributed by atoms with Gasteiger partial charge >= 0.3 is 5.97 Å². The molecular weight excluding hydrogens is 435 g/mol. The topological polar surface area (TPSA) is 54.0 Å². The molecular formula is C28H27FO5. The van der Waals surface area contributed by atoms with Crippen LogP contribution in [0.2, 0.25) is 0 Å². The van der Waals surface area contributed by atoms with Gasteiger partial charge < -0.3 is 18.9 Å². The zero-order chi connectivity index (χ0) is 23.7. The van der Waals surface area contributed by atoms with E-state index < -0.39 is 0 Å². The Labute approximate surface area is 198 Å². The largest absolute Gasteiger partial charge is 0.490 e. The molecule has 6 heteroatoms. The molecule has 3 aromatic carbocycles. The van der Waals surface area contributed by atoms with Gasteiger partial charge in [0.2, 0.25) is 0 Å². The Morgan fingerprint density at radius 2 is 2.00 bits per heavy atom. The molecule has 3 aromatic rings. The third-order valence-electron chi connectivity index (χ3n) is 6.65.